The van der Waals surface area contributed by atoms with Gasteiger partial charge in [0.05, 0.1) is 0 Å². The molecule has 1 aliphatic heterocycles. The van der Waals surface area contributed by atoms with Crippen molar-refractivity contribution in [3.05, 3.63) is 0 Å². The fourth-order valence-electron chi connectivity index (χ4n) is 3.00. The number of hydrogen-bond acceptors (Lipinski definition) is 3. The molecule has 1 unspecified atom stereocenters. The second kappa shape index (κ2) is 6.18. The van der Waals surface area contributed by atoms with Gasteiger partial charge in [-0.05, 0) is 25.2 Å². The Morgan fingerprint density at radius 3 is 2.61 bits per heavy atom. The number of nitrogens with two attached hydrogens (primary N) is 1. The maximum absolute atomic E-state index is 12.0. The van der Waals surface area contributed by atoms with Crippen LogP contribution in [-0.2, 0) is 9.59 Å². The standard InChI is InChI=1S/C13H23N3O2/c14-8-11(9-4-2-1-3-5-9)16-13(18)10-6-7-12(17)15-10/h9-11H,1-8,14H2,(H,15,17)(H,16,18)/t10-,11?/m1/s1. The van der Waals surface area contributed by atoms with Gasteiger partial charge in [0.25, 0.3) is 0 Å². The summed E-state index contributed by atoms with van der Waals surface area (Å²) in [5.41, 5.74) is 5.78. The second-order valence-corrected chi connectivity index (χ2v) is 5.41. The van der Waals surface area contributed by atoms with Crippen LogP contribution in [0.1, 0.15) is 44.9 Å². The second-order valence-electron chi connectivity index (χ2n) is 5.41. The third-order valence-electron chi connectivity index (χ3n) is 4.11. The zero-order valence-electron chi connectivity index (χ0n) is 10.8. The molecule has 5 nitrogen and oxygen atoms in total. The fourth-order valence-corrected chi connectivity index (χ4v) is 3.00. The highest BCUT2D eigenvalue weighted by Gasteiger charge is 2.30. The van der Waals surface area contributed by atoms with Gasteiger partial charge in [-0.3, -0.25) is 9.59 Å². The molecule has 2 fully saturated rings. The first-order valence-electron chi connectivity index (χ1n) is 7.00. The van der Waals surface area contributed by atoms with Gasteiger partial charge in [-0.2, -0.15) is 0 Å². The van der Waals surface area contributed by atoms with Crippen molar-refractivity contribution in [3.63, 3.8) is 0 Å². The SMILES string of the molecule is NCC(NC(=O)[C@H]1CCC(=O)N1)C1CCCCC1. The Hall–Kier alpha value is -1.10. The van der Waals surface area contributed by atoms with Crippen LogP contribution in [0.2, 0.25) is 0 Å². The van der Waals surface area contributed by atoms with Crippen LogP contribution in [0.15, 0.2) is 0 Å². The third kappa shape index (κ3) is 3.22. The quantitative estimate of drug-likeness (QED) is 0.673. The van der Waals surface area contributed by atoms with Crippen molar-refractivity contribution in [2.45, 2.75) is 57.0 Å². The molecule has 2 atom stereocenters. The number of nitrogens with one attached hydrogen (secondary N) is 2. The van der Waals surface area contributed by atoms with Crippen LogP contribution in [0, 0.1) is 5.92 Å². The molecule has 0 aromatic carbocycles. The van der Waals surface area contributed by atoms with Crippen molar-refractivity contribution in [1.82, 2.24) is 10.6 Å². The van der Waals surface area contributed by atoms with Gasteiger partial charge in [-0.25, -0.2) is 0 Å². The highest BCUT2D eigenvalue weighted by atomic mass is 16.2. The minimum atomic E-state index is -0.352. The van der Waals surface area contributed by atoms with Crippen LogP contribution in [0.3, 0.4) is 0 Å². The number of carbonyl (C=O) groups excluding carboxylic acids is 2. The molecule has 1 saturated carbocycles. The lowest BCUT2D eigenvalue weighted by Crippen LogP contribution is -2.51. The smallest absolute Gasteiger partial charge is 0.242 e. The van der Waals surface area contributed by atoms with E-state index in [2.05, 4.69) is 10.6 Å². The van der Waals surface area contributed by atoms with E-state index >= 15 is 0 Å². The number of amides is 2. The molecular weight excluding hydrogens is 230 g/mol. The van der Waals surface area contributed by atoms with Crippen molar-refractivity contribution >= 4 is 11.8 Å². The fraction of sp³-hybridized carbons (Fsp3) is 0.846. The Kier molecular flexibility index (Phi) is 4.58. The monoisotopic (exact) mass is 253 g/mol. The molecule has 2 amide bonds. The van der Waals surface area contributed by atoms with Gasteiger partial charge in [0.15, 0.2) is 0 Å². The largest absolute Gasteiger partial charge is 0.350 e. The van der Waals surface area contributed by atoms with Gasteiger partial charge < -0.3 is 16.4 Å². The van der Waals surface area contributed by atoms with E-state index in [9.17, 15) is 9.59 Å². The van der Waals surface area contributed by atoms with Crippen molar-refractivity contribution < 1.29 is 9.59 Å². The molecule has 0 spiro atoms. The van der Waals surface area contributed by atoms with Crippen LogP contribution >= 0.6 is 0 Å². The topological polar surface area (TPSA) is 84.2 Å². The van der Waals surface area contributed by atoms with Gasteiger partial charge in [0.1, 0.15) is 6.04 Å². The normalized spacial score (nSPS) is 26.7. The lowest BCUT2D eigenvalue weighted by molar-refractivity contribution is -0.126. The lowest BCUT2D eigenvalue weighted by Gasteiger charge is -2.30. The van der Waals surface area contributed by atoms with Crippen molar-refractivity contribution in [3.8, 4) is 0 Å². The Balaban J connectivity index is 1.85. The van der Waals surface area contributed by atoms with E-state index in [0.717, 1.165) is 12.8 Å². The van der Waals surface area contributed by atoms with Gasteiger partial charge in [-0.1, -0.05) is 19.3 Å². The molecule has 2 aliphatic rings. The number of carbonyl (C=O) groups is 2. The summed E-state index contributed by atoms with van der Waals surface area (Å²) in [6.07, 6.45) is 7.12. The van der Waals surface area contributed by atoms with E-state index in [4.69, 9.17) is 5.73 Å². The Bertz CT molecular complexity index is 313. The highest BCUT2D eigenvalue weighted by molar-refractivity contribution is 5.90. The molecule has 1 heterocycles. The van der Waals surface area contributed by atoms with Crippen LogP contribution in [-0.4, -0.2) is 30.4 Å². The number of rotatable bonds is 4. The Morgan fingerprint density at radius 1 is 1.33 bits per heavy atom. The minimum absolute atomic E-state index is 0.0304. The molecule has 18 heavy (non-hydrogen) atoms. The third-order valence-corrected chi connectivity index (χ3v) is 4.11. The summed E-state index contributed by atoms with van der Waals surface area (Å²) in [5, 5.41) is 5.71. The summed E-state index contributed by atoms with van der Waals surface area (Å²) >= 11 is 0. The minimum Gasteiger partial charge on any atom is -0.350 e. The van der Waals surface area contributed by atoms with E-state index in [1.807, 2.05) is 0 Å². The molecule has 0 bridgehead atoms. The van der Waals surface area contributed by atoms with Crippen LogP contribution in [0.25, 0.3) is 0 Å². The van der Waals surface area contributed by atoms with Crippen molar-refractivity contribution in [1.29, 1.82) is 0 Å². The average molecular weight is 253 g/mol. The highest BCUT2D eigenvalue weighted by Crippen LogP contribution is 2.26. The van der Waals surface area contributed by atoms with Crippen molar-refractivity contribution in [2.24, 2.45) is 11.7 Å². The summed E-state index contributed by atoms with van der Waals surface area (Å²) in [7, 11) is 0. The maximum Gasteiger partial charge on any atom is 0.242 e. The maximum atomic E-state index is 12.0. The van der Waals surface area contributed by atoms with E-state index in [1.165, 1.54) is 19.3 Å². The summed E-state index contributed by atoms with van der Waals surface area (Å²) in [6, 6.07) is -0.287. The van der Waals surface area contributed by atoms with E-state index in [1.54, 1.807) is 0 Å². The molecule has 4 N–H and O–H groups in total. The Morgan fingerprint density at radius 2 is 2.06 bits per heavy atom. The van der Waals surface area contributed by atoms with Gasteiger partial charge in [0.2, 0.25) is 11.8 Å². The average Bonchev–Trinajstić information content (AvgIpc) is 2.83. The first kappa shape index (κ1) is 13.3. The van der Waals surface area contributed by atoms with Crippen molar-refractivity contribution in [2.75, 3.05) is 6.54 Å². The zero-order chi connectivity index (χ0) is 13.0. The Labute approximate surface area is 108 Å². The van der Waals surface area contributed by atoms with E-state index in [-0.39, 0.29) is 23.9 Å². The number of hydrogen-bond donors (Lipinski definition) is 3. The van der Waals surface area contributed by atoms with Gasteiger partial charge in [-0.15, -0.1) is 0 Å². The molecule has 102 valence electrons. The van der Waals surface area contributed by atoms with Crippen LogP contribution in [0.4, 0.5) is 0 Å². The van der Waals surface area contributed by atoms with Gasteiger partial charge >= 0.3 is 0 Å². The molecule has 0 aromatic rings. The molecule has 0 aromatic heterocycles. The molecule has 5 heteroatoms. The summed E-state index contributed by atoms with van der Waals surface area (Å²) in [6.45, 7) is 0.483. The predicted octanol–water partition coefficient (Wildman–Crippen LogP) is 0.289. The predicted molar refractivity (Wildman–Crippen MR) is 68.7 cm³/mol. The molecule has 2 rings (SSSR count). The lowest BCUT2D eigenvalue weighted by atomic mass is 9.84. The summed E-state index contributed by atoms with van der Waals surface area (Å²) in [4.78, 5) is 23.1. The van der Waals surface area contributed by atoms with Crippen LogP contribution < -0.4 is 16.4 Å². The summed E-state index contributed by atoms with van der Waals surface area (Å²) < 4.78 is 0. The van der Waals surface area contributed by atoms with E-state index in [0.29, 0.717) is 25.3 Å². The first-order chi connectivity index (χ1) is 8.70. The molecule has 0 radical (unpaired) electrons. The van der Waals surface area contributed by atoms with Crippen LogP contribution in [0.5, 0.6) is 0 Å². The molecule has 1 saturated heterocycles. The molecule has 1 aliphatic carbocycles. The van der Waals surface area contributed by atoms with Gasteiger partial charge in [0, 0.05) is 19.0 Å². The van der Waals surface area contributed by atoms with E-state index < -0.39 is 0 Å². The summed E-state index contributed by atoms with van der Waals surface area (Å²) in [5.74, 6) is 0.406. The molecular formula is C13H23N3O2. The first-order valence-corrected chi connectivity index (χ1v) is 7.00. The zero-order valence-corrected chi connectivity index (χ0v) is 10.8.